The highest BCUT2D eigenvalue weighted by Crippen LogP contribution is 2.19. The molecular formula is C11H21N5O3S. The lowest BCUT2D eigenvalue weighted by molar-refractivity contribution is -0.122. The number of amides is 1. The summed E-state index contributed by atoms with van der Waals surface area (Å²) in [6, 6.07) is 0. The van der Waals surface area contributed by atoms with E-state index in [-0.39, 0.29) is 23.3 Å². The van der Waals surface area contributed by atoms with Crippen LogP contribution in [0.2, 0.25) is 0 Å². The lowest BCUT2D eigenvalue weighted by Crippen LogP contribution is -2.46. The Balaban J connectivity index is 2.92. The largest absolute Gasteiger partial charge is 0.381 e. The van der Waals surface area contributed by atoms with Gasteiger partial charge in [-0.05, 0) is 20.8 Å². The molecule has 1 aromatic heterocycles. The number of rotatable bonds is 4. The monoisotopic (exact) mass is 303 g/mol. The standard InChI is InChI=1S/C11H21N5O3S/c1-11(2,3)14-8(17)6-16(5)20(18,19)10-9(12)13-7-15(10)4/h7H,6,12H2,1-5H3,(H,14,17). The molecule has 0 saturated heterocycles. The Bertz CT molecular complexity index is 581. The van der Waals surface area contributed by atoms with Gasteiger partial charge in [-0.2, -0.15) is 4.31 Å². The molecule has 3 N–H and O–H groups in total. The van der Waals surface area contributed by atoms with E-state index in [0.29, 0.717) is 0 Å². The van der Waals surface area contributed by atoms with Gasteiger partial charge in [-0.15, -0.1) is 0 Å². The van der Waals surface area contributed by atoms with Crippen molar-refractivity contribution in [3.05, 3.63) is 6.33 Å². The molecule has 0 spiro atoms. The van der Waals surface area contributed by atoms with E-state index in [9.17, 15) is 13.2 Å². The van der Waals surface area contributed by atoms with Crippen LogP contribution >= 0.6 is 0 Å². The summed E-state index contributed by atoms with van der Waals surface area (Å²) in [5.41, 5.74) is 5.14. The molecule has 1 rings (SSSR count). The number of nitrogens with two attached hydrogens (primary N) is 1. The Morgan fingerprint density at radius 2 is 2.05 bits per heavy atom. The minimum atomic E-state index is -3.86. The van der Waals surface area contributed by atoms with Gasteiger partial charge in [0.15, 0.2) is 10.8 Å². The van der Waals surface area contributed by atoms with Crippen molar-refractivity contribution in [1.82, 2.24) is 19.2 Å². The first-order valence-electron chi connectivity index (χ1n) is 5.99. The van der Waals surface area contributed by atoms with E-state index in [2.05, 4.69) is 10.3 Å². The fraction of sp³-hybridized carbons (Fsp3) is 0.636. The molecule has 0 saturated carbocycles. The number of nitrogen functional groups attached to an aromatic ring is 1. The molecule has 0 aromatic carbocycles. The first-order chi connectivity index (χ1) is 8.95. The third-order valence-corrected chi connectivity index (χ3v) is 4.38. The number of hydrogen-bond donors (Lipinski definition) is 2. The van der Waals surface area contributed by atoms with Crippen LogP contribution in [0.25, 0.3) is 0 Å². The zero-order valence-corrected chi connectivity index (χ0v) is 13.2. The van der Waals surface area contributed by atoms with Crippen LogP contribution in [-0.4, -0.2) is 47.3 Å². The minimum absolute atomic E-state index is 0.0874. The summed E-state index contributed by atoms with van der Waals surface area (Å²) >= 11 is 0. The molecule has 1 aromatic rings. The normalized spacial score (nSPS) is 12.7. The fourth-order valence-electron chi connectivity index (χ4n) is 1.64. The molecule has 1 heterocycles. The highest BCUT2D eigenvalue weighted by molar-refractivity contribution is 7.89. The second kappa shape index (κ2) is 5.41. The van der Waals surface area contributed by atoms with Crippen LogP contribution in [0.3, 0.4) is 0 Å². The highest BCUT2D eigenvalue weighted by atomic mass is 32.2. The number of nitrogens with zero attached hydrogens (tertiary/aromatic N) is 3. The van der Waals surface area contributed by atoms with Crippen molar-refractivity contribution in [1.29, 1.82) is 0 Å². The summed E-state index contributed by atoms with van der Waals surface area (Å²) in [7, 11) is -1.01. The Morgan fingerprint density at radius 1 is 1.50 bits per heavy atom. The number of hydrogen-bond acceptors (Lipinski definition) is 5. The van der Waals surface area contributed by atoms with Crippen LogP contribution in [0, 0.1) is 0 Å². The van der Waals surface area contributed by atoms with E-state index in [1.807, 2.05) is 20.8 Å². The Kier molecular flexibility index (Phi) is 4.45. The first kappa shape index (κ1) is 16.4. The van der Waals surface area contributed by atoms with Crippen LogP contribution in [0.1, 0.15) is 20.8 Å². The van der Waals surface area contributed by atoms with Crippen molar-refractivity contribution in [3.63, 3.8) is 0 Å². The fourth-order valence-corrected chi connectivity index (χ4v) is 2.95. The molecule has 0 bridgehead atoms. The second-order valence-corrected chi connectivity index (χ2v) is 7.57. The van der Waals surface area contributed by atoms with Crippen LogP contribution in [0.15, 0.2) is 11.4 Å². The molecule has 0 aliphatic heterocycles. The van der Waals surface area contributed by atoms with Gasteiger partial charge >= 0.3 is 0 Å². The molecular weight excluding hydrogens is 282 g/mol. The third-order valence-electron chi connectivity index (χ3n) is 2.44. The van der Waals surface area contributed by atoms with Crippen LogP contribution in [-0.2, 0) is 21.9 Å². The van der Waals surface area contributed by atoms with Crippen LogP contribution < -0.4 is 11.1 Å². The van der Waals surface area contributed by atoms with Gasteiger partial charge in [-0.1, -0.05) is 0 Å². The summed E-state index contributed by atoms with van der Waals surface area (Å²) in [5.74, 6) is -0.472. The van der Waals surface area contributed by atoms with Crippen molar-refractivity contribution in [2.24, 2.45) is 7.05 Å². The van der Waals surface area contributed by atoms with Gasteiger partial charge in [0.2, 0.25) is 5.91 Å². The Labute approximate surface area is 119 Å². The van der Waals surface area contributed by atoms with Gasteiger partial charge in [-0.25, -0.2) is 13.4 Å². The van der Waals surface area contributed by atoms with Gasteiger partial charge < -0.3 is 15.6 Å². The topological polar surface area (TPSA) is 110 Å². The molecule has 0 radical (unpaired) electrons. The number of likely N-dealkylation sites (N-methyl/N-ethyl adjacent to an activating group) is 1. The van der Waals surface area contributed by atoms with E-state index < -0.39 is 15.6 Å². The van der Waals surface area contributed by atoms with Gasteiger partial charge in [0.25, 0.3) is 10.0 Å². The molecule has 8 nitrogen and oxygen atoms in total. The number of imidazole rings is 1. The molecule has 0 atom stereocenters. The predicted molar refractivity (Wildman–Crippen MR) is 75.3 cm³/mol. The van der Waals surface area contributed by atoms with Crippen LogP contribution in [0.5, 0.6) is 0 Å². The maximum Gasteiger partial charge on any atom is 0.262 e. The molecule has 9 heteroatoms. The van der Waals surface area contributed by atoms with E-state index in [1.165, 1.54) is 25.0 Å². The zero-order chi connectivity index (χ0) is 15.7. The predicted octanol–water partition coefficient (Wildman–Crippen LogP) is -0.462. The molecule has 1 amide bonds. The third kappa shape index (κ3) is 3.70. The van der Waals surface area contributed by atoms with E-state index in [1.54, 1.807) is 0 Å². The number of nitrogens with one attached hydrogen (secondary N) is 1. The molecule has 20 heavy (non-hydrogen) atoms. The summed E-state index contributed by atoms with van der Waals surface area (Å²) in [4.78, 5) is 15.5. The van der Waals surface area contributed by atoms with Gasteiger partial charge in [0, 0.05) is 19.6 Å². The van der Waals surface area contributed by atoms with E-state index in [4.69, 9.17) is 5.73 Å². The summed E-state index contributed by atoms with van der Waals surface area (Å²) in [6.07, 6.45) is 1.31. The van der Waals surface area contributed by atoms with Crippen molar-refractivity contribution in [2.75, 3.05) is 19.3 Å². The van der Waals surface area contributed by atoms with Crippen molar-refractivity contribution >= 4 is 21.7 Å². The average molecular weight is 303 g/mol. The number of aryl methyl sites for hydroxylation is 1. The quantitative estimate of drug-likeness (QED) is 0.782. The highest BCUT2D eigenvalue weighted by Gasteiger charge is 2.29. The summed E-state index contributed by atoms with van der Waals surface area (Å²) in [5, 5.41) is 2.58. The number of carbonyl (C=O) groups excluding carboxylic acids is 1. The number of aromatic nitrogens is 2. The Morgan fingerprint density at radius 3 is 2.45 bits per heavy atom. The van der Waals surface area contributed by atoms with E-state index in [0.717, 1.165) is 4.31 Å². The van der Waals surface area contributed by atoms with Crippen molar-refractivity contribution in [2.45, 2.75) is 31.3 Å². The number of carbonyl (C=O) groups is 1. The van der Waals surface area contributed by atoms with Crippen molar-refractivity contribution < 1.29 is 13.2 Å². The van der Waals surface area contributed by atoms with Gasteiger partial charge in [0.1, 0.15) is 0 Å². The lowest BCUT2D eigenvalue weighted by atomic mass is 10.1. The summed E-state index contributed by atoms with van der Waals surface area (Å²) < 4.78 is 26.9. The smallest absolute Gasteiger partial charge is 0.262 e. The lowest BCUT2D eigenvalue weighted by Gasteiger charge is -2.23. The van der Waals surface area contributed by atoms with Gasteiger partial charge in [0.05, 0.1) is 12.9 Å². The second-order valence-electron chi connectivity index (χ2n) is 5.61. The van der Waals surface area contributed by atoms with Crippen molar-refractivity contribution in [3.8, 4) is 0 Å². The maximum atomic E-state index is 12.3. The maximum absolute atomic E-state index is 12.3. The molecule has 0 aliphatic carbocycles. The zero-order valence-electron chi connectivity index (χ0n) is 12.3. The molecule has 0 unspecified atom stereocenters. The number of sulfonamides is 1. The Hall–Kier alpha value is -1.61. The van der Waals surface area contributed by atoms with E-state index >= 15 is 0 Å². The minimum Gasteiger partial charge on any atom is -0.381 e. The molecule has 0 fully saturated rings. The number of anilines is 1. The SMILES string of the molecule is CN(CC(=O)NC(C)(C)C)S(=O)(=O)c1c(N)ncn1C. The first-order valence-corrected chi connectivity index (χ1v) is 7.43. The molecule has 114 valence electrons. The summed E-state index contributed by atoms with van der Waals surface area (Å²) in [6.45, 7) is 5.17. The molecule has 0 aliphatic rings. The van der Waals surface area contributed by atoms with Crippen LogP contribution in [0.4, 0.5) is 5.82 Å². The van der Waals surface area contributed by atoms with Gasteiger partial charge in [-0.3, -0.25) is 4.79 Å². The average Bonchev–Trinajstić information content (AvgIpc) is 2.55.